The van der Waals surface area contributed by atoms with Gasteiger partial charge in [0.15, 0.2) is 23.1 Å². The number of rotatable bonds is 6. The van der Waals surface area contributed by atoms with Crippen LogP contribution in [-0.4, -0.2) is 19.5 Å². The average Bonchev–Trinajstić information content (AvgIpc) is 3.83. The summed E-state index contributed by atoms with van der Waals surface area (Å²) in [5, 5.41) is 4.35. The van der Waals surface area contributed by atoms with Gasteiger partial charge in [0, 0.05) is 38.2 Å². The molecule has 3 aromatic heterocycles. The van der Waals surface area contributed by atoms with E-state index in [1.807, 2.05) is 24.3 Å². The molecular formula is C51H32N4O. The first-order valence-corrected chi connectivity index (χ1v) is 18.8. The summed E-state index contributed by atoms with van der Waals surface area (Å²) in [5.41, 5.74) is 11.9. The minimum Gasteiger partial charge on any atom is -0.454 e. The summed E-state index contributed by atoms with van der Waals surface area (Å²) in [6, 6.07) is 67.2. The van der Waals surface area contributed by atoms with Crippen molar-refractivity contribution in [3.63, 3.8) is 0 Å². The van der Waals surface area contributed by atoms with Gasteiger partial charge in [-0.3, -0.25) is 0 Å². The number of aromatic nitrogens is 4. The van der Waals surface area contributed by atoms with E-state index in [0.717, 1.165) is 88.4 Å². The van der Waals surface area contributed by atoms with Crippen LogP contribution in [0.15, 0.2) is 199 Å². The molecule has 56 heavy (non-hydrogen) atoms. The van der Waals surface area contributed by atoms with Crippen LogP contribution >= 0.6 is 0 Å². The van der Waals surface area contributed by atoms with Gasteiger partial charge in [0.2, 0.25) is 0 Å². The highest BCUT2D eigenvalue weighted by atomic mass is 16.3. The minimum atomic E-state index is 0.603. The number of nitrogens with zero attached hydrogens (tertiary/aromatic N) is 4. The van der Waals surface area contributed by atoms with Crippen LogP contribution in [0, 0.1) is 0 Å². The van der Waals surface area contributed by atoms with Crippen molar-refractivity contribution in [2.24, 2.45) is 0 Å². The predicted octanol–water partition coefficient (Wildman–Crippen LogP) is 13.2. The van der Waals surface area contributed by atoms with E-state index in [1.54, 1.807) is 0 Å². The van der Waals surface area contributed by atoms with E-state index in [0.29, 0.717) is 17.5 Å². The molecule has 0 radical (unpaired) electrons. The number of para-hydroxylation sites is 3. The molecule has 0 aliphatic heterocycles. The molecule has 0 saturated heterocycles. The van der Waals surface area contributed by atoms with Gasteiger partial charge in [-0.1, -0.05) is 170 Å². The summed E-state index contributed by atoms with van der Waals surface area (Å²) in [6.45, 7) is 0. The zero-order chi connectivity index (χ0) is 37.0. The second-order valence-corrected chi connectivity index (χ2v) is 13.9. The van der Waals surface area contributed by atoms with Gasteiger partial charge in [0.05, 0.1) is 16.7 Å². The summed E-state index contributed by atoms with van der Waals surface area (Å²) < 4.78 is 8.91. The summed E-state index contributed by atoms with van der Waals surface area (Å²) in [5.74, 6) is 1.83. The summed E-state index contributed by atoms with van der Waals surface area (Å²) in [4.78, 5) is 16.0. The molecule has 0 fully saturated rings. The van der Waals surface area contributed by atoms with Gasteiger partial charge < -0.3 is 8.98 Å². The number of benzene rings is 8. The summed E-state index contributed by atoms with van der Waals surface area (Å²) in [7, 11) is 0. The zero-order valence-corrected chi connectivity index (χ0v) is 30.2. The molecule has 0 N–H and O–H groups in total. The largest absolute Gasteiger partial charge is 0.454 e. The third kappa shape index (κ3) is 5.13. The third-order valence-electron chi connectivity index (χ3n) is 10.7. The average molecular weight is 717 g/mol. The van der Waals surface area contributed by atoms with Gasteiger partial charge in [-0.25, -0.2) is 15.0 Å². The molecule has 8 aromatic carbocycles. The fraction of sp³-hybridized carbons (Fsp3) is 0. The standard InChI is InChI=1S/C51H32N4O/c1-3-17-33(18-4-1)35-21-7-9-24-39(35)49-52-50(40-25-10-8-22-36(40)34-19-5-2-6-20-34)54-51(53-49)42-28-16-30-44-47(42)41-26-11-13-29-43(41)55(44)45-31-15-27-38-37-23-12-14-32-46(37)56-48(38)45/h1-32H. The first-order valence-electron chi connectivity index (χ1n) is 18.8. The van der Waals surface area contributed by atoms with Crippen molar-refractivity contribution in [1.29, 1.82) is 0 Å². The molecule has 0 unspecified atom stereocenters. The Hall–Kier alpha value is -7.63. The highest BCUT2D eigenvalue weighted by Gasteiger charge is 2.23. The van der Waals surface area contributed by atoms with E-state index in [2.05, 4.69) is 174 Å². The molecular weight excluding hydrogens is 685 g/mol. The topological polar surface area (TPSA) is 56.7 Å². The molecule has 0 aliphatic rings. The number of hydrogen-bond donors (Lipinski definition) is 0. The number of hydrogen-bond acceptors (Lipinski definition) is 4. The Morgan fingerprint density at radius 2 is 0.804 bits per heavy atom. The Labute approximate surface area is 322 Å². The Kier molecular flexibility index (Phi) is 7.42. The van der Waals surface area contributed by atoms with Gasteiger partial charge >= 0.3 is 0 Å². The molecule has 5 nitrogen and oxygen atoms in total. The maximum Gasteiger partial charge on any atom is 0.164 e. The predicted molar refractivity (Wildman–Crippen MR) is 229 cm³/mol. The quantitative estimate of drug-likeness (QED) is 0.172. The molecule has 11 rings (SSSR count). The van der Waals surface area contributed by atoms with Crippen LogP contribution < -0.4 is 0 Å². The molecule has 0 amide bonds. The third-order valence-corrected chi connectivity index (χ3v) is 10.7. The molecule has 3 heterocycles. The number of furan rings is 1. The molecule has 0 spiro atoms. The highest BCUT2D eigenvalue weighted by molar-refractivity contribution is 6.17. The maximum absolute atomic E-state index is 6.59. The smallest absolute Gasteiger partial charge is 0.164 e. The molecule has 0 saturated carbocycles. The van der Waals surface area contributed by atoms with E-state index in [4.69, 9.17) is 19.4 Å². The van der Waals surface area contributed by atoms with Crippen molar-refractivity contribution >= 4 is 43.7 Å². The van der Waals surface area contributed by atoms with Crippen molar-refractivity contribution in [2.45, 2.75) is 0 Å². The Morgan fingerprint density at radius 1 is 0.339 bits per heavy atom. The Morgan fingerprint density at radius 3 is 1.46 bits per heavy atom. The van der Waals surface area contributed by atoms with Crippen LogP contribution in [0.5, 0.6) is 0 Å². The zero-order valence-electron chi connectivity index (χ0n) is 30.2. The van der Waals surface area contributed by atoms with E-state index in [-0.39, 0.29) is 0 Å². The van der Waals surface area contributed by atoms with Crippen LogP contribution in [0.4, 0.5) is 0 Å². The molecule has 262 valence electrons. The van der Waals surface area contributed by atoms with Crippen molar-refractivity contribution in [3.8, 4) is 62.1 Å². The normalized spacial score (nSPS) is 11.6. The molecule has 0 bridgehead atoms. The minimum absolute atomic E-state index is 0.603. The Balaban J connectivity index is 1.20. The van der Waals surface area contributed by atoms with Crippen LogP contribution in [-0.2, 0) is 0 Å². The second-order valence-electron chi connectivity index (χ2n) is 13.9. The molecule has 11 aromatic rings. The molecule has 0 aliphatic carbocycles. The molecule has 0 atom stereocenters. The first kappa shape index (κ1) is 31.9. The van der Waals surface area contributed by atoms with Crippen molar-refractivity contribution in [2.75, 3.05) is 0 Å². The first-order chi connectivity index (χ1) is 27.8. The number of fused-ring (bicyclic) bond motifs is 6. The van der Waals surface area contributed by atoms with Gasteiger partial charge in [-0.2, -0.15) is 0 Å². The monoisotopic (exact) mass is 716 g/mol. The van der Waals surface area contributed by atoms with Crippen LogP contribution in [0.25, 0.3) is 106 Å². The van der Waals surface area contributed by atoms with Crippen molar-refractivity contribution in [1.82, 2.24) is 19.5 Å². The lowest BCUT2D eigenvalue weighted by Crippen LogP contribution is -2.02. The van der Waals surface area contributed by atoms with Crippen LogP contribution in [0.2, 0.25) is 0 Å². The van der Waals surface area contributed by atoms with Crippen LogP contribution in [0.3, 0.4) is 0 Å². The second kappa shape index (κ2) is 13.0. The van der Waals surface area contributed by atoms with E-state index >= 15 is 0 Å². The van der Waals surface area contributed by atoms with E-state index in [9.17, 15) is 0 Å². The Bertz CT molecular complexity index is 3150. The van der Waals surface area contributed by atoms with Gasteiger partial charge in [0.25, 0.3) is 0 Å². The van der Waals surface area contributed by atoms with Gasteiger partial charge in [0.1, 0.15) is 5.58 Å². The van der Waals surface area contributed by atoms with E-state index < -0.39 is 0 Å². The molecule has 5 heteroatoms. The van der Waals surface area contributed by atoms with Gasteiger partial charge in [-0.05, 0) is 46.5 Å². The summed E-state index contributed by atoms with van der Waals surface area (Å²) in [6.07, 6.45) is 0. The van der Waals surface area contributed by atoms with Crippen molar-refractivity contribution in [3.05, 3.63) is 194 Å². The lowest BCUT2D eigenvalue weighted by molar-refractivity contribution is 0.666. The maximum atomic E-state index is 6.59. The highest BCUT2D eigenvalue weighted by Crippen LogP contribution is 2.42. The van der Waals surface area contributed by atoms with Crippen LogP contribution in [0.1, 0.15) is 0 Å². The fourth-order valence-electron chi connectivity index (χ4n) is 8.21. The lowest BCUT2D eigenvalue weighted by atomic mass is 9.98. The van der Waals surface area contributed by atoms with Gasteiger partial charge in [-0.15, -0.1) is 0 Å². The van der Waals surface area contributed by atoms with E-state index in [1.165, 1.54) is 0 Å². The lowest BCUT2D eigenvalue weighted by Gasteiger charge is -2.14. The summed E-state index contributed by atoms with van der Waals surface area (Å²) >= 11 is 0. The fourth-order valence-corrected chi connectivity index (χ4v) is 8.21. The SMILES string of the molecule is c1ccc(-c2ccccc2-c2nc(-c3ccccc3-c3ccccc3)nc(-c3cccc4c3c3ccccc3n4-c3cccc4c3oc3ccccc34)n2)cc1. The van der Waals surface area contributed by atoms with Crippen molar-refractivity contribution < 1.29 is 4.42 Å².